The Bertz CT molecular complexity index is 714. The highest BCUT2D eigenvalue weighted by Crippen LogP contribution is 2.30. The Morgan fingerprint density at radius 1 is 1.00 bits per heavy atom. The van der Waals surface area contributed by atoms with Crippen molar-refractivity contribution in [2.24, 2.45) is 0 Å². The monoisotopic (exact) mass is 263 g/mol. The highest BCUT2D eigenvalue weighted by Gasteiger charge is 2.30. The zero-order valence-electron chi connectivity index (χ0n) is 9.59. The summed E-state index contributed by atoms with van der Waals surface area (Å²) in [4.78, 5) is 8.15. The van der Waals surface area contributed by atoms with E-state index in [-0.39, 0.29) is 0 Å². The zero-order chi connectivity index (χ0) is 13.5. The van der Waals surface area contributed by atoms with Gasteiger partial charge in [-0.15, -0.1) is 0 Å². The first-order chi connectivity index (χ1) is 9.05. The number of nitrogens with zero attached hydrogens (tertiary/aromatic N) is 3. The van der Waals surface area contributed by atoms with E-state index in [1.807, 2.05) is 0 Å². The molecule has 0 bridgehead atoms. The van der Waals surface area contributed by atoms with Crippen molar-refractivity contribution >= 4 is 11.0 Å². The topological polar surface area (TPSA) is 30.7 Å². The molecule has 0 aliphatic carbocycles. The summed E-state index contributed by atoms with van der Waals surface area (Å²) in [6.07, 6.45) is 0.485. The van der Waals surface area contributed by atoms with E-state index in [1.165, 1.54) is 12.1 Å². The van der Waals surface area contributed by atoms with Crippen LogP contribution in [0.1, 0.15) is 5.56 Å². The van der Waals surface area contributed by atoms with Crippen LogP contribution in [-0.4, -0.2) is 14.5 Å². The lowest BCUT2D eigenvalue weighted by Crippen LogP contribution is -2.04. The Kier molecular flexibility index (Phi) is 2.51. The molecule has 0 radical (unpaired) electrons. The van der Waals surface area contributed by atoms with E-state index in [2.05, 4.69) is 9.97 Å². The van der Waals surface area contributed by atoms with Crippen LogP contribution in [0.2, 0.25) is 0 Å². The number of benzene rings is 1. The van der Waals surface area contributed by atoms with Gasteiger partial charge in [-0.3, -0.25) is 9.55 Å². The molecule has 0 amide bonds. The Morgan fingerprint density at radius 2 is 1.74 bits per heavy atom. The first-order valence-corrected chi connectivity index (χ1v) is 5.50. The number of pyridine rings is 1. The van der Waals surface area contributed by atoms with Crippen molar-refractivity contribution in [1.29, 1.82) is 0 Å². The molecule has 3 nitrogen and oxygen atoms in total. The first-order valence-electron chi connectivity index (χ1n) is 5.50. The van der Waals surface area contributed by atoms with Gasteiger partial charge >= 0.3 is 6.18 Å². The SMILES string of the molecule is FC(F)(F)c1ccc(-n2cnc3ccncc32)cc1. The molecule has 3 aromatic rings. The highest BCUT2D eigenvalue weighted by atomic mass is 19.4. The van der Waals surface area contributed by atoms with Gasteiger partial charge in [0.15, 0.2) is 0 Å². The molecule has 0 N–H and O–H groups in total. The highest BCUT2D eigenvalue weighted by molar-refractivity contribution is 5.75. The third-order valence-electron chi connectivity index (χ3n) is 2.82. The number of halogens is 3. The maximum absolute atomic E-state index is 12.5. The van der Waals surface area contributed by atoms with Gasteiger partial charge in [-0.05, 0) is 30.3 Å². The molecule has 0 spiro atoms. The number of hydrogen-bond donors (Lipinski definition) is 0. The fraction of sp³-hybridized carbons (Fsp3) is 0.0769. The second kappa shape index (κ2) is 4.08. The summed E-state index contributed by atoms with van der Waals surface area (Å²) < 4.78 is 39.2. The predicted octanol–water partition coefficient (Wildman–Crippen LogP) is 3.44. The molecule has 0 saturated heterocycles. The smallest absolute Gasteiger partial charge is 0.297 e. The number of fused-ring (bicyclic) bond motifs is 1. The Hall–Kier alpha value is -2.37. The number of hydrogen-bond acceptors (Lipinski definition) is 2. The summed E-state index contributed by atoms with van der Waals surface area (Å²) in [7, 11) is 0. The van der Waals surface area contributed by atoms with Crippen LogP contribution >= 0.6 is 0 Å². The third-order valence-corrected chi connectivity index (χ3v) is 2.82. The zero-order valence-corrected chi connectivity index (χ0v) is 9.59. The van der Waals surface area contributed by atoms with Crippen molar-refractivity contribution < 1.29 is 13.2 Å². The minimum absolute atomic E-state index is 0.614. The van der Waals surface area contributed by atoms with Gasteiger partial charge in [0.1, 0.15) is 6.33 Å². The van der Waals surface area contributed by atoms with Gasteiger partial charge in [0, 0.05) is 11.9 Å². The molecule has 2 heterocycles. The normalized spacial score (nSPS) is 11.9. The van der Waals surface area contributed by atoms with Crippen molar-refractivity contribution in [2.45, 2.75) is 6.18 Å². The predicted molar refractivity (Wildman–Crippen MR) is 63.9 cm³/mol. The van der Waals surface area contributed by atoms with Gasteiger partial charge in [0.05, 0.1) is 22.8 Å². The van der Waals surface area contributed by atoms with Gasteiger partial charge in [-0.2, -0.15) is 13.2 Å². The molecule has 6 heteroatoms. The summed E-state index contributed by atoms with van der Waals surface area (Å²) in [5.41, 5.74) is 1.44. The average Bonchev–Trinajstić information content (AvgIpc) is 2.82. The molecule has 1 aromatic carbocycles. The lowest BCUT2D eigenvalue weighted by Gasteiger charge is -2.08. The summed E-state index contributed by atoms with van der Waals surface area (Å²) in [6.45, 7) is 0. The van der Waals surface area contributed by atoms with Crippen molar-refractivity contribution in [1.82, 2.24) is 14.5 Å². The van der Waals surface area contributed by atoms with Crippen molar-refractivity contribution in [3.63, 3.8) is 0 Å². The molecule has 3 rings (SSSR count). The molecule has 0 atom stereocenters. The maximum Gasteiger partial charge on any atom is 0.416 e. The number of alkyl halides is 3. The molecule has 0 unspecified atom stereocenters. The fourth-order valence-corrected chi connectivity index (χ4v) is 1.87. The van der Waals surface area contributed by atoms with Gasteiger partial charge in [0.2, 0.25) is 0 Å². The van der Waals surface area contributed by atoms with E-state index in [9.17, 15) is 13.2 Å². The minimum atomic E-state index is -4.32. The lowest BCUT2D eigenvalue weighted by atomic mass is 10.2. The molecule has 0 fully saturated rings. The van der Waals surface area contributed by atoms with E-state index in [0.717, 1.165) is 23.2 Å². The second-order valence-electron chi connectivity index (χ2n) is 4.02. The second-order valence-corrected chi connectivity index (χ2v) is 4.02. The Morgan fingerprint density at radius 3 is 2.42 bits per heavy atom. The summed E-state index contributed by atoms with van der Waals surface area (Å²) >= 11 is 0. The Labute approximate surface area is 106 Å². The standard InChI is InChI=1S/C13H8F3N3/c14-13(15,16)9-1-3-10(4-2-9)19-8-18-11-5-6-17-7-12(11)19/h1-8H. The van der Waals surface area contributed by atoms with Crippen LogP contribution in [0.5, 0.6) is 0 Å². The lowest BCUT2D eigenvalue weighted by molar-refractivity contribution is -0.137. The molecular formula is C13H8F3N3. The van der Waals surface area contributed by atoms with Crippen LogP contribution in [-0.2, 0) is 6.18 Å². The van der Waals surface area contributed by atoms with Crippen LogP contribution in [0.15, 0.2) is 49.1 Å². The maximum atomic E-state index is 12.5. The van der Waals surface area contributed by atoms with E-state index >= 15 is 0 Å². The van der Waals surface area contributed by atoms with E-state index in [0.29, 0.717) is 5.69 Å². The van der Waals surface area contributed by atoms with Crippen LogP contribution in [0.3, 0.4) is 0 Å². The molecule has 19 heavy (non-hydrogen) atoms. The van der Waals surface area contributed by atoms with E-state index in [1.54, 1.807) is 29.4 Å². The van der Waals surface area contributed by atoms with Gasteiger partial charge in [-0.25, -0.2) is 4.98 Å². The molecule has 2 aromatic heterocycles. The van der Waals surface area contributed by atoms with Crippen LogP contribution in [0.4, 0.5) is 13.2 Å². The summed E-state index contributed by atoms with van der Waals surface area (Å²) in [6, 6.07) is 6.68. The van der Waals surface area contributed by atoms with E-state index < -0.39 is 11.7 Å². The van der Waals surface area contributed by atoms with Crippen molar-refractivity contribution in [3.05, 3.63) is 54.6 Å². The quantitative estimate of drug-likeness (QED) is 0.673. The molecule has 0 saturated carbocycles. The molecular weight excluding hydrogens is 255 g/mol. The number of aromatic nitrogens is 3. The summed E-state index contributed by atoms with van der Waals surface area (Å²) in [5.74, 6) is 0. The summed E-state index contributed by atoms with van der Waals surface area (Å²) in [5, 5.41) is 0. The fourth-order valence-electron chi connectivity index (χ4n) is 1.87. The van der Waals surface area contributed by atoms with Crippen molar-refractivity contribution in [3.8, 4) is 5.69 Å². The molecule has 96 valence electrons. The Balaban J connectivity index is 2.07. The van der Waals surface area contributed by atoms with Crippen molar-refractivity contribution in [2.75, 3.05) is 0 Å². The van der Waals surface area contributed by atoms with Gasteiger partial charge < -0.3 is 0 Å². The molecule has 0 aliphatic heterocycles. The van der Waals surface area contributed by atoms with Gasteiger partial charge in [0.25, 0.3) is 0 Å². The minimum Gasteiger partial charge on any atom is -0.297 e. The number of imidazole rings is 1. The first kappa shape index (κ1) is 11.7. The van der Waals surface area contributed by atoms with Crippen LogP contribution < -0.4 is 0 Å². The van der Waals surface area contributed by atoms with E-state index in [4.69, 9.17) is 0 Å². The largest absolute Gasteiger partial charge is 0.416 e. The number of rotatable bonds is 1. The third kappa shape index (κ3) is 2.05. The van der Waals surface area contributed by atoms with Crippen LogP contribution in [0, 0.1) is 0 Å². The van der Waals surface area contributed by atoms with Crippen LogP contribution in [0.25, 0.3) is 16.7 Å². The van der Waals surface area contributed by atoms with Gasteiger partial charge in [-0.1, -0.05) is 0 Å². The molecule has 0 aliphatic rings. The average molecular weight is 263 g/mol.